The van der Waals surface area contributed by atoms with Crippen LogP contribution in [0.15, 0.2) is 48.5 Å². The molecule has 1 amide bonds. The van der Waals surface area contributed by atoms with Crippen molar-refractivity contribution in [3.05, 3.63) is 64.2 Å². The summed E-state index contributed by atoms with van der Waals surface area (Å²) >= 11 is 0. The normalized spacial score (nSPS) is 19.0. The summed E-state index contributed by atoms with van der Waals surface area (Å²) in [4.78, 5) is 25.5. The van der Waals surface area contributed by atoms with Crippen LogP contribution in [-0.2, 0) is 16.1 Å². The second-order valence-corrected chi connectivity index (χ2v) is 8.31. The molecule has 1 atom stereocenters. The van der Waals surface area contributed by atoms with Gasteiger partial charge in [-0.1, -0.05) is 24.3 Å². The molecule has 4 rings (SSSR count). The summed E-state index contributed by atoms with van der Waals surface area (Å²) in [7, 11) is 0. The van der Waals surface area contributed by atoms with Crippen molar-refractivity contribution in [2.45, 2.75) is 38.3 Å². The predicted octanol–water partition coefficient (Wildman–Crippen LogP) is 3.69. The van der Waals surface area contributed by atoms with E-state index in [0.29, 0.717) is 44.8 Å². The molecule has 0 bridgehead atoms. The number of ether oxygens (including phenoxy) is 2. The minimum absolute atomic E-state index is 0.0333. The van der Waals surface area contributed by atoms with E-state index in [0.717, 1.165) is 30.8 Å². The number of nitrogens with one attached hydrogen (secondary N) is 1. The van der Waals surface area contributed by atoms with Crippen LogP contribution >= 0.6 is 0 Å². The number of para-hydroxylation sites is 2. The molecule has 2 aliphatic rings. The quantitative estimate of drug-likeness (QED) is 0.498. The molecule has 0 spiro atoms. The fraction of sp³-hybridized carbons (Fsp3) is 0.458. The molecule has 0 aromatic heterocycles. The molecular formula is C24H29N3O5. The Kier molecular flexibility index (Phi) is 7.21. The van der Waals surface area contributed by atoms with Crippen molar-refractivity contribution in [2.75, 3.05) is 31.2 Å². The standard InChI is InChI=1S/C24H29N3O5/c28-24(19-11-13-26(14-12-19)22-5-1-2-6-23(22)27(29)30)25-16-18-7-9-20(10-8-18)32-17-21-4-3-15-31-21/h1-2,5-10,19,21H,3-4,11-17H2,(H,25,28). The Bertz CT molecular complexity index is 919. The first-order chi connectivity index (χ1) is 15.6. The van der Waals surface area contributed by atoms with Crippen molar-refractivity contribution in [3.63, 3.8) is 0 Å². The van der Waals surface area contributed by atoms with E-state index >= 15 is 0 Å². The van der Waals surface area contributed by atoms with Gasteiger partial charge < -0.3 is 19.7 Å². The highest BCUT2D eigenvalue weighted by Crippen LogP contribution is 2.31. The van der Waals surface area contributed by atoms with Gasteiger partial charge >= 0.3 is 0 Å². The maximum Gasteiger partial charge on any atom is 0.292 e. The third kappa shape index (κ3) is 5.56. The molecule has 0 saturated carbocycles. The highest BCUT2D eigenvalue weighted by Gasteiger charge is 2.28. The lowest BCUT2D eigenvalue weighted by Gasteiger charge is -2.32. The number of hydrogen-bond acceptors (Lipinski definition) is 6. The van der Waals surface area contributed by atoms with Crippen LogP contribution in [0.5, 0.6) is 5.75 Å². The van der Waals surface area contributed by atoms with Gasteiger partial charge in [-0.05, 0) is 49.4 Å². The molecule has 2 heterocycles. The van der Waals surface area contributed by atoms with Crippen LogP contribution in [-0.4, -0.2) is 43.2 Å². The van der Waals surface area contributed by atoms with E-state index in [1.165, 1.54) is 6.07 Å². The zero-order valence-electron chi connectivity index (χ0n) is 18.1. The average molecular weight is 440 g/mol. The predicted molar refractivity (Wildman–Crippen MR) is 121 cm³/mol. The van der Waals surface area contributed by atoms with Gasteiger partial charge in [-0.25, -0.2) is 0 Å². The highest BCUT2D eigenvalue weighted by molar-refractivity contribution is 5.79. The van der Waals surface area contributed by atoms with Crippen LogP contribution in [0.3, 0.4) is 0 Å². The van der Waals surface area contributed by atoms with Gasteiger partial charge in [0.05, 0.1) is 11.0 Å². The summed E-state index contributed by atoms with van der Waals surface area (Å²) < 4.78 is 11.3. The van der Waals surface area contributed by atoms with Gasteiger partial charge in [0.2, 0.25) is 5.91 Å². The van der Waals surface area contributed by atoms with E-state index in [1.807, 2.05) is 29.2 Å². The lowest BCUT2D eigenvalue weighted by Crippen LogP contribution is -2.40. The van der Waals surface area contributed by atoms with Crippen molar-refractivity contribution in [3.8, 4) is 5.75 Å². The van der Waals surface area contributed by atoms with Gasteiger partial charge in [-0.3, -0.25) is 14.9 Å². The van der Waals surface area contributed by atoms with E-state index in [2.05, 4.69) is 5.32 Å². The molecule has 8 nitrogen and oxygen atoms in total. The monoisotopic (exact) mass is 439 g/mol. The number of carbonyl (C=O) groups excluding carboxylic acids is 1. The van der Waals surface area contributed by atoms with Gasteiger partial charge in [0.25, 0.3) is 5.69 Å². The lowest BCUT2D eigenvalue weighted by atomic mass is 9.95. The molecule has 1 unspecified atom stereocenters. The Labute approximate surface area is 187 Å². The number of hydrogen-bond donors (Lipinski definition) is 1. The van der Waals surface area contributed by atoms with E-state index < -0.39 is 0 Å². The van der Waals surface area contributed by atoms with Gasteiger partial charge in [0, 0.05) is 38.2 Å². The van der Waals surface area contributed by atoms with E-state index in [4.69, 9.17) is 9.47 Å². The first kappa shape index (κ1) is 22.1. The van der Waals surface area contributed by atoms with Crippen LogP contribution in [0, 0.1) is 16.0 Å². The second kappa shape index (κ2) is 10.5. The topological polar surface area (TPSA) is 93.9 Å². The number of nitro benzene ring substituents is 1. The van der Waals surface area contributed by atoms with Crippen LogP contribution < -0.4 is 15.0 Å². The number of anilines is 1. The Hall–Kier alpha value is -3.13. The minimum atomic E-state index is -0.354. The SMILES string of the molecule is O=C(NCc1ccc(OCC2CCCO2)cc1)C1CCN(c2ccccc2[N+](=O)[O-])CC1. The van der Waals surface area contributed by atoms with Crippen molar-refractivity contribution in [1.29, 1.82) is 0 Å². The van der Waals surface area contributed by atoms with Crippen molar-refractivity contribution in [2.24, 2.45) is 5.92 Å². The molecule has 2 aromatic carbocycles. The zero-order valence-corrected chi connectivity index (χ0v) is 18.1. The number of amides is 1. The van der Waals surface area contributed by atoms with Crippen LogP contribution in [0.2, 0.25) is 0 Å². The van der Waals surface area contributed by atoms with Gasteiger partial charge in [0.15, 0.2) is 0 Å². The number of nitrogens with zero attached hydrogens (tertiary/aromatic N) is 2. The maximum atomic E-state index is 12.6. The summed E-state index contributed by atoms with van der Waals surface area (Å²) in [5.74, 6) is 0.756. The van der Waals surface area contributed by atoms with Gasteiger partial charge in [0.1, 0.15) is 18.0 Å². The Morgan fingerprint density at radius 3 is 2.56 bits per heavy atom. The Morgan fingerprint density at radius 2 is 1.88 bits per heavy atom. The zero-order chi connectivity index (χ0) is 22.3. The van der Waals surface area contributed by atoms with Crippen LogP contribution in [0.4, 0.5) is 11.4 Å². The number of rotatable bonds is 8. The molecule has 0 radical (unpaired) electrons. The number of carbonyl (C=O) groups is 1. The number of piperidine rings is 1. The largest absolute Gasteiger partial charge is 0.491 e. The first-order valence-electron chi connectivity index (χ1n) is 11.2. The molecule has 0 aliphatic carbocycles. The highest BCUT2D eigenvalue weighted by atomic mass is 16.6. The average Bonchev–Trinajstić information content (AvgIpc) is 3.36. The molecule has 2 saturated heterocycles. The van der Waals surface area contributed by atoms with Gasteiger partial charge in [-0.2, -0.15) is 0 Å². The smallest absolute Gasteiger partial charge is 0.292 e. The summed E-state index contributed by atoms with van der Waals surface area (Å²) in [5.41, 5.74) is 1.75. The molecule has 8 heteroatoms. The number of nitro groups is 1. The summed E-state index contributed by atoms with van der Waals surface area (Å²) in [6.45, 7) is 3.10. The van der Waals surface area contributed by atoms with Crippen LogP contribution in [0.1, 0.15) is 31.2 Å². The van der Waals surface area contributed by atoms with Crippen molar-refractivity contribution in [1.82, 2.24) is 5.32 Å². The van der Waals surface area contributed by atoms with Crippen molar-refractivity contribution >= 4 is 17.3 Å². The third-order valence-corrected chi connectivity index (χ3v) is 6.13. The van der Waals surface area contributed by atoms with E-state index in [1.54, 1.807) is 18.2 Å². The Morgan fingerprint density at radius 1 is 1.12 bits per heavy atom. The van der Waals surface area contributed by atoms with Crippen molar-refractivity contribution < 1.29 is 19.2 Å². The summed E-state index contributed by atoms with van der Waals surface area (Å²) in [6.07, 6.45) is 3.68. The molecule has 170 valence electrons. The third-order valence-electron chi connectivity index (χ3n) is 6.13. The van der Waals surface area contributed by atoms with E-state index in [9.17, 15) is 14.9 Å². The summed E-state index contributed by atoms with van der Waals surface area (Å²) in [6, 6.07) is 14.5. The minimum Gasteiger partial charge on any atom is -0.491 e. The molecule has 2 aliphatic heterocycles. The lowest BCUT2D eigenvalue weighted by molar-refractivity contribution is -0.384. The molecule has 2 fully saturated rings. The first-order valence-corrected chi connectivity index (χ1v) is 11.2. The van der Waals surface area contributed by atoms with E-state index in [-0.39, 0.29) is 28.5 Å². The molecule has 2 aromatic rings. The molecule has 1 N–H and O–H groups in total. The fourth-order valence-electron chi connectivity index (χ4n) is 4.27. The number of benzene rings is 2. The maximum absolute atomic E-state index is 12.6. The van der Waals surface area contributed by atoms with Crippen LogP contribution in [0.25, 0.3) is 0 Å². The van der Waals surface area contributed by atoms with Gasteiger partial charge in [-0.15, -0.1) is 0 Å². The fourth-order valence-corrected chi connectivity index (χ4v) is 4.27. The Balaban J connectivity index is 1.22. The summed E-state index contributed by atoms with van der Waals surface area (Å²) in [5, 5.41) is 14.3. The molecule has 32 heavy (non-hydrogen) atoms. The second-order valence-electron chi connectivity index (χ2n) is 8.31. The molecular weight excluding hydrogens is 410 g/mol.